The quantitative estimate of drug-likeness (QED) is 0.659. The molecule has 0 aliphatic heterocycles. The van der Waals surface area contributed by atoms with Crippen molar-refractivity contribution in [3.05, 3.63) is 27.7 Å². The van der Waals surface area contributed by atoms with Gasteiger partial charge in [0.05, 0.1) is 18.3 Å². The lowest BCUT2D eigenvalue weighted by Crippen LogP contribution is -2.18. The van der Waals surface area contributed by atoms with E-state index in [4.69, 9.17) is 14.2 Å². The highest BCUT2D eigenvalue weighted by atomic mass is 79.9. The lowest BCUT2D eigenvalue weighted by Gasteiger charge is -2.16. The van der Waals surface area contributed by atoms with Crippen LogP contribution in [-0.2, 0) is 15.9 Å². The summed E-state index contributed by atoms with van der Waals surface area (Å²) in [5.41, 5.74) is 1.48. The molecule has 0 amide bonds. The summed E-state index contributed by atoms with van der Waals surface area (Å²) >= 11 is 3.50. The maximum Gasteiger partial charge on any atom is 0.338 e. The minimum Gasteiger partial charge on any atom is -0.491 e. The standard InChI is InChI=1S/C16H23BrO4/c1-5-13-14(16(18)20-7-3)8-12(9-15(13)17)21-10-11(4)19-6-2/h8-9,11H,5-7,10H2,1-4H3. The van der Waals surface area contributed by atoms with Crippen LogP contribution in [-0.4, -0.2) is 31.9 Å². The Morgan fingerprint density at radius 2 is 1.95 bits per heavy atom. The molecule has 0 aliphatic rings. The lowest BCUT2D eigenvalue weighted by atomic mass is 10.0. The molecular weight excluding hydrogens is 336 g/mol. The van der Waals surface area contributed by atoms with Crippen molar-refractivity contribution in [1.29, 1.82) is 0 Å². The van der Waals surface area contributed by atoms with Crippen molar-refractivity contribution < 1.29 is 19.0 Å². The molecule has 5 heteroatoms. The van der Waals surface area contributed by atoms with Crippen LogP contribution in [0.5, 0.6) is 5.75 Å². The third-order valence-electron chi connectivity index (χ3n) is 2.95. The number of halogens is 1. The summed E-state index contributed by atoms with van der Waals surface area (Å²) < 4.78 is 17.1. The van der Waals surface area contributed by atoms with Crippen LogP contribution in [0.25, 0.3) is 0 Å². The highest BCUT2D eigenvalue weighted by Gasteiger charge is 2.16. The molecule has 21 heavy (non-hydrogen) atoms. The number of ether oxygens (including phenoxy) is 3. The van der Waals surface area contributed by atoms with E-state index in [0.29, 0.717) is 31.1 Å². The van der Waals surface area contributed by atoms with Crippen LogP contribution < -0.4 is 4.74 Å². The molecule has 1 aromatic carbocycles. The van der Waals surface area contributed by atoms with Gasteiger partial charge >= 0.3 is 5.97 Å². The second kappa shape index (κ2) is 9.05. The molecule has 1 atom stereocenters. The van der Waals surface area contributed by atoms with Gasteiger partial charge in [-0.2, -0.15) is 0 Å². The van der Waals surface area contributed by atoms with E-state index in [1.165, 1.54) is 0 Å². The van der Waals surface area contributed by atoms with Crippen molar-refractivity contribution in [2.45, 2.75) is 40.2 Å². The SMILES string of the molecule is CCOC(=O)c1cc(OCC(C)OCC)cc(Br)c1CC. The van der Waals surface area contributed by atoms with Gasteiger partial charge in [-0.15, -0.1) is 0 Å². The van der Waals surface area contributed by atoms with Crippen LogP contribution in [0.2, 0.25) is 0 Å². The Morgan fingerprint density at radius 3 is 2.52 bits per heavy atom. The number of carbonyl (C=O) groups excluding carboxylic acids is 1. The largest absolute Gasteiger partial charge is 0.491 e. The van der Waals surface area contributed by atoms with E-state index in [1.54, 1.807) is 13.0 Å². The molecule has 0 saturated carbocycles. The first-order valence-electron chi connectivity index (χ1n) is 7.27. The molecule has 1 aromatic rings. The van der Waals surface area contributed by atoms with Crippen LogP contribution >= 0.6 is 15.9 Å². The van der Waals surface area contributed by atoms with Crippen LogP contribution in [0.1, 0.15) is 43.6 Å². The van der Waals surface area contributed by atoms with Gasteiger partial charge in [0, 0.05) is 11.1 Å². The van der Waals surface area contributed by atoms with E-state index in [0.717, 1.165) is 16.5 Å². The fourth-order valence-electron chi connectivity index (χ4n) is 1.99. The Bertz CT molecular complexity index is 474. The maximum atomic E-state index is 12.0. The third kappa shape index (κ3) is 5.32. The van der Waals surface area contributed by atoms with Gasteiger partial charge < -0.3 is 14.2 Å². The van der Waals surface area contributed by atoms with E-state index in [9.17, 15) is 4.79 Å². The van der Waals surface area contributed by atoms with Crippen molar-refractivity contribution in [3.63, 3.8) is 0 Å². The molecule has 1 rings (SSSR count). The van der Waals surface area contributed by atoms with Crippen LogP contribution in [0.15, 0.2) is 16.6 Å². The Morgan fingerprint density at radius 1 is 1.24 bits per heavy atom. The number of benzene rings is 1. The van der Waals surface area contributed by atoms with Crippen LogP contribution in [0, 0.1) is 0 Å². The summed E-state index contributed by atoms with van der Waals surface area (Å²) in [5.74, 6) is 0.312. The number of hydrogen-bond acceptors (Lipinski definition) is 4. The smallest absolute Gasteiger partial charge is 0.338 e. The third-order valence-corrected chi connectivity index (χ3v) is 3.66. The number of hydrogen-bond donors (Lipinski definition) is 0. The molecule has 0 bridgehead atoms. The molecule has 0 spiro atoms. The Balaban J connectivity index is 2.94. The van der Waals surface area contributed by atoms with Crippen molar-refractivity contribution in [2.24, 2.45) is 0 Å². The first kappa shape index (κ1) is 18.0. The molecule has 0 aromatic heterocycles. The van der Waals surface area contributed by atoms with Gasteiger partial charge in [0.15, 0.2) is 0 Å². The molecule has 0 aliphatic carbocycles. The molecule has 0 N–H and O–H groups in total. The Labute approximate surface area is 134 Å². The van der Waals surface area contributed by atoms with Crippen LogP contribution in [0.4, 0.5) is 0 Å². The maximum absolute atomic E-state index is 12.0. The second-order valence-corrected chi connectivity index (χ2v) is 5.44. The van der Waals surface area contributed by atoms with E-state index in [1.807, 2.05) is 26.8 Å². The minimum atomic E-state index is -0.321. The fraction of sp³-hybridized carbons (Fsp3) is 0.562. The average molecular weight is 359 g/mol. The summed E-state index contributed by atoms with van der Waals surface area (Å²) in [5, 5.41) is 0. The zero-order chi connectivity index (χ0) is 15.8. The van der Waals surface area contributed by atoms with Gasteiger partial charge in [-0.3, -0.25) is 0 Å². The summed E-state index contributed by atoms with van der Waals surface area (Å²) in [6.45, 7) is 9.13. The first-order chi connectivity index (χ1) is 10.0. The number of esters is 1. The van der Waals surface area contributed by atoms with E-state index < -0.39 is 0 Å². The fourth-order valence-corrected chi connectivity index (χ4v) is 2.71. The van der Waals surface area contributed by atoms with Gasteiger partial charge in [-0.25, -0.2) is 4.79 Å². The van der Waals surface area contributed by atoms with Crippen molar-refractivity contribution in [1.82, 2.24) is 0 Å². The topological polar surface area (TPSA) is 44.8 Å². The number of carbonyl (C=O) groups is 1. The summed E-state index contributed by atoms with van der Waals surface area (Å²) in [6, 6.07) is 3.61. The molecular formula is C16H23BrO4. The minimum absolute atomic E-state index is 0.00525. The summed E-state index contributed by atoms with van der Waals surface area (Å²) in [4.78, 5) is 12.0. The first-order valence-corrected chi connectivity index (χ1v) is 8.06. The summed E-state index contributed by atoms with van der Waals surface area (Å²) in [7, 11) is 0. The molecule has 4 nitrogen and oxygen atoms in total. The lowest BCUT2D eigenvalue weighted by molar-refractivity contribution is 0.0401. The molecule has 1 unspecified atom stereocenters. The van der Waals surface area contributed by atoms with E-state index >= 15 is 0 Å². The predicted molar refractivity (Wildman–Crippen MR) is 86.1 cm³/mol. The normalized spacial score (nSPS) is 12.0. The van der Waals surface area contributed by atoms with Crippen molar-refractivity contribution >= 4 is 21.9 Å². The van der Waals surface area contributed by atoms with Gasteiger partial charge in [0.2, 0.25) is 0 Å². The number of rotatable bonds is 8. The van der Waals surface area contributed by atoms with Gasteiger partial charge in [-0.05, 0) is 44.9 Å². The van der Waals surface area contributed by atoms with Crippen LogP contribution in [0.3, 0.4) is 0 Å². The van der Waals surface area contributed by atoms with Crippen molar-refractivity contribution in [3.8, 4) is 5.75 Å². The highest BCUT2D eigenvalue weighted by molar-refractivity contribution is 9.10. The molecule has 0 heterocycles. The van der Waals surface area contributed by atoms with Gasteiger partial charge in [0.1, 0.15) is 12.4 Å². The zero-order valence-electron chi connectivity index (χ0n) is 13.1. The monoisotopic (exact) mass is 358 g/mol. The summed E-state index contributed by atoms with van der Waals surface area (Å²) in [6.07, 6.45) is 0.746. The van der Waals surface area contributed by atoms with Gasteiger partial charge in [0.25, 0.3) is 0 Å². The molecule has 0 saturated heterocycles. The predicted octanol–water partition coefficient (Wildman–Crippen LogP) is 3.99. The zero-order valence-corrected chi connectivity index (χ0v) is 14.7. The molecule has 118 valence electrons. The molecule has 0 radical (unpaired) electrons. The highest BCUT2D eigenvalue weighted by Crippen LogP contribution is 2.28. The van der Waals surface area contributed by atoms with Crippen molar-refractivity contribution in [2.75, 3.05) is 19.8 Å². The van der Waals surface area contributed by atoms with E-state index in [2.05, 4.69) is 15.9 Å². The molecule has 0 fully saturated rings. The Kier molecular flexibility index (Phi) is 7.75. The van der Waals surface area contributed by atoms with Gasteiger partial charge in [-0.1, -0.05) is 22.9 Å². The Hall–Kier alpha value is -1.07. The van der Waals surface area contributed by atoms with E-state index in [-0.39, 0.29) is 12.1 Å². The average Bonchev–Trinajstić information content (AvgIpc) is 2.45. The second-order valence-electron chi connectivity index (χ2n) is 4.58.